The Bertz CT molecular complexity index is 2070. The number of hydrogen-bond acceptors (Lipinski definition) is 7. The van der Waals surface area contributed by atoms with Crippen molar-refractivity contribution in [2.45, 2.75) is 19.5 Å². The minimum Gasteiger partial charge on any atom is -0.394 e. The predicted octanol–water partition coefficient (Wildman–Crippen LogP) is 2.70. The molecule has 4 aromatic heterocycles. The second-order valence-electron chi connectivity index (χ2n) is 9.62. The van der Waals surface area contributed by atoms with E-state index < -0.39 is 11.9 Å². The van der Waals surface area contributed by atoms with Gasteiger partial charge in [0.25, 0.3) is 11.5 Å². The maximum atomic E-state index is 14.2. The molecule has 208 valence electrons. The van der Waals surface area contributed by atoms with E-state index in [-0.39, 0.29) is 23.5 Å². The highest BCUT2D eigenvalue weighted by Crippen LogP contribution is 2.24. The zero-order chi connectivity index (χ0) is 29.2. The molecule has 0 aliphatic carbocycles. The summed E-state index contributed by atoms with van der Waals surface area (Å²) >= 11 is 0. The first-order valence-electron chi connectivity index (χ1n) is 13.2. The normalized spacial score (nSPS) is 11.8. The van der Waals surface area contributed by atoms with Gasteiger partial charge < -0.3 is 16.2 Å². The molecule has 11 heteroatoms. The third kappa shape index (κ3) is 4.87. The van der Waals surface area contributed by atoms with Gasteiger partial charge >= 0.3 is 0 Å². The van der Waals surface area contributed by atoms with Crippen LogP contribution in [0.3, 0.4) is 0 Å². The first-order chi connectivity index (χ1) is 20.4. The van der Waals surface area contributed by atoms with Crippen molar-refractivity contribution < 1.29 is 9.90 Å². The fraction of sp³-hybridized carbons (Fsp3) is 0.129. The zero-order valence-corrected chi connectivity index (χ0v) is 22.6. The van der Waals surface area contributed by atoms with Crippen molar-refractivity contribution in [1.29, 1.82) is 0 Å². The van der Waals surface area contributed by atoms with Crippen molar-refractivity contribution >= 4 is 28.1 Å². The van der Waals surface area contributed by atoms with E-state index in [1.165, 1.54) is 4.52 Å². The van der Waals surface area contributed by atoms with E-state index in [1.807, 2.05) is 48.5 Å². The Labute approximate surface area is 239 Å². The van der Waals surface area contributed by atoms with E-state index in [0.717, 1.165) is 0 Å². The van der Waals surface area contributed by atoms with E-state index in [9.17, 15) is 9.59 Å². The van der Waals surface area contributed by atoms with Crippen molar-refractivity contribution in [2.24, 2.45) is 0 Å². The Hall–Kier alpha value is -5.73. The summed E-state index contributed by atoms with van der Waals surface area (Å²) in [5.41, 5.74) is 8.75. The van der Waals surface area contributed by atoms with Gasteiger partial charge in [-0.3, -0.25) is 18.8 Å². The third-order valence-electron chi connectivity index (χ3n) is 6.83. The summed E-state index contributed by atoms with van der Waals surface area (Å²) in [4.78, 5) is 31.9. The number of nitrogens with one attached hydrogen (secondary N) is 1. The summed E-state index contributed by atoms with van der Waals surface area (Å²) < 4.78 is 4.65. The number of aromatic nitrogens is 6. The van der Waals surface area contributed by atoms with Gasteiger partial charge in [-0.2, -0.15) is 5.10 Å². The number of benzene rings is 2. The van der Waals surface area contributed by atoms with Gasteiger partial charge in [-0.1, -0.05) is 42.2 Å². The Balaban J connectivity index is 1.45. The number of nitrogens with zero attached hydrogens (tertiary/aromatic N) is 6. The van der Waals surface area contributed by atoms with Crippen molar-refractivity contribution in [3.05, 3.63) is 118 Å². The van der Waals surface area contributed by atoms with Gasteiger partial charge in [0, 0.05) is 35.5 Å². The summed E-state index contributed by atoms with van der Waals surface area (Å²) in [7, 11) is 0. The van der Waals surface area contributed by atoms with E-state index in [0.29, 0.717) is 45.5 Å². The number of anilines is 1. The van der Waals surface area contributed by atoms with Crippen LogP contribution in [-0.2, 0) is 6.54 Å². The molecule has 0 radical (unpaired) electrons. The fourth-order valence-corrected chi connectivity index (χ4v) is 4.91. The number of carbonyl (C=O) groups is 1. The molecule has 4 N–H and O–H groups in total. The van der Waals surface area contributed by atoms with Crippen LogP contribution < -0.4 is 16.6 Å². The monoisotopic (exact) mass is 558 g/mol. The van der Waals surface area contributed by atoms with Crippen molar-refractivity contribution in [1.82, 2.24) is 34.3 Å². The molecule has 0 bridgehead atoms. The number of aliphatic hydroxyl groups excluding tert-OH is 1. The number of nitrogen functional groups attached to an aromatic ring is 1. The molecule has 4 heterocycles. The molecule has 1 atom stereocenters. The summed E-state index contributed by atoms with van der Waals surface area (Å²) in [5.74, 6) is 5.80. The van der Waals surface area contributed by atoms with Crippen LogP contribution in [0.25, 0.3) is 22.1 Å². The number of nitrogens with two attached hydrogens (primary N) is 1. The van der Waals surface area contributed by atoms with Crippen LogP contribution in [0.1, 0.15) is 40.1 Å². The number of para-hydroxylation sites is 1. The molecule has 2 aromatic carbocycles. The summed E-state index contributed by atoms with van der Waals surface area (Å²) in [6.45, 7) is 2.15. The van der Waals surface area contributed by atoms with Crippen LogP contribution in [0, 0.1) is 11.8 Å². The van der Waals surface area contributed by atoms with Crippen molar-refractivity contribution in [3.8, 4) is 17.5 Å². The summed E-state index contributed by atoms with van der Waals surface area (Å²) in [5, 5.41) is 21.6. The fourth-order valence-electron chi connectivity index (χ4n) is 4.91. The first-order valence-corrected chi connectivity index (χ1v) is 13.2. The van der Waals surface area contributed by atoms with Gasteiger partial charge in [0.2, 0.25) is 0 Å². The Kier molecular flexibility index (Phi) is 6.96. The average molecular weight is 559 g/mol. The molecule has 0 aliphatic heterocycles. The van der Waals surface area contributed by atoms with Gasteiger partial charge in [-0.25, -0.2) is 9.50 Å². The molecule has 11 nitrogen and oxygen atoms in total. The molecule has 6 aromatic rings. The lowest BCUT2D eigenvalue weighted by atomic mass is 10.0. The lowest BCUT2D eigenvalue weighted by Crippen LogP contribution is -2.32. The molecule has 42 heavy (non-hydrogen) atoms. The molecular formula is C31H26N8O3. The number of rotatable bonds is 6. The van der Waals surface area contributed by atoms with Crippen LogP contribution in [0.5, 0.6) is 0 Å². The van der Waals surface area contributed by atoms with Crippen LogP contribution in [0.4, 0.5) is 5.82 Å². The number of aliphatic hydroxyl groups is 1. The van der Waals surface area contributed by atoms with Gasteiger partial charge in [0.05, 0.1) is 36.3 Å². The lowest BCUT2D eigenvalue weighted by Gasteiger charge is -2.21. The minimum atomic E-state index is -0.597. The largest absolute Gasteiger partial charge is 0.394 e. The highest BCUT2D eigenvalue weighted by Gasteiger charge is 2.24. The number of pyridine rings is 1. The first kappa shape index (κ1) is 26.5. The topological polar surface area (TPSA) is 145 Å². The van der Waals surface area contributed by atoms with E-state index in [2.05, 4.69) is 32.3 Å². The van der Waals surface area contributed by atoms with Crippen LogP contribution in [0.2, 0.25) is 0 Å². The molecule has 0 aliphatic rings. The van der Waals surface area contributed by atoms with E-state index in [1.54, 1.807) is 53.1 Å². The molecular weight excluding hydrogens is 532 g/mol. The predicted molar refractivity (Wildman–Crippen MR) is 158 cm³/mol. The second-order valence-corrected chi connectivity index (χ2v) is 9.62. The zero-order valence-electron chi connectivity index (χ0n) is 22.6. The third-order valence-corrected chi connectivity index (χ3v) is 6.83. The highest BCUT2D eigenvalue weighted by atomic mass is 16.3. The number of amides is 1. The summed E-state index contributed by atoms with van der Waals surface area (Å²) in [6, 6.07) is 17.7. The second kappa shape index (κ2) is 11.0. The number of carbonyl (C=O) groups excluding carboxylic acids is 1. The standard InChI is InChI=1S/C31H26N8O3/c1-20(35-30(41)27-28(32)36-38-14-6-13-33-29(27)38)25-17-23-8-5-7-22(12-11-21-18-34-37(19-21)15-16-40)26(23)31(42)39(25)24-9-3-2-4-10-24/h2-10,13-14,17-20,40H,15-16H2,1H3,(H2,32,36)(H,35,41)/t20-/m0/s1. The Morgan fingerprint density at radius 1 is 1.12 bits per heavy atom. The SMILES string of the molecule is C[C@H](NC(=O)c1c(N)nn2cccnc12)c1cc2cccc(C#Cc3cnn(CCO)c3)c2c(=O)n1-c1ccccc1. The number of hydrogen-bond donors (Lipinski definition) is 3. The smallest absolute Gasteiger partial charge is 0.264 e. The molecule has 0 unspecified atom stereocenters. The maximum Gasteiger partial charge on any atom is 0.264 e. The van der Waals surface area contributed by atoms with Gasteiger partial charge in [0.1, 0.15) is 5.56 Å². The molecule has 6 rings (SSSR count). The average Bonchev–Trinajstić information content (AvgIpc) is 3.59. The quantitative estimate of drug-likeness (QED) is 0.267. The van der Waals surface area contributed by atoms with Gasteiger partial charge in [-0.15, -0.1) is 5.10 Å². The van der Waals surface area contributed by atoms with Crippen LogP contribution >= 0.6 is 0 Å². The van der Waals surface area contributed by atoms with Crippen LogP contribution in [-0.4, -0.2) is 46.6 Å². The van der Waals surface area contributed by atoms with E-state index in [4.69, 9.17) is 10.8 Å². The van der Waals surface area contributed by atoms with E-state index >= 15 is 0 Å². The van der Waals surface area contributed by atoms with Gasteiger partial charge in [-0.05, 0) is 42.6 Å². The minimum absolute atomic E-state index is 0.0262. The highest BCUT2D eigenvalue weighted by molar-refractivity contribution is 6.04. The molecule has 0 saturated carbocycles. The molecule has 0 saturated heterocycles. The maximum absolute atomic E-state index is 14.2. The number of fused-ring (bicyclic) bond motifs is 2. The van der Waals surface area contributed by atoms with Crippen molar-refractivity contribution in [2.75, 3.05) is 12.3 Å². The van der Waals surface area contributed by atoms with Crippen molar-refractivity contribution in [3.63, 3.8) is 0 Å². The van der Waals surface area contributed by atoms with Crippen LogP contribution in [0.15, 0.2) is 90.2 Å². The lowest BCUT2D eigenvalue weighted by molar-refractivity contribution is 0.0941. The molecule has 0 fully saturated rings. The van der Waals surface area contributed by atoms with Gasteiger partial charge in [0.15, 0.2) is 11.5 Å². The Morgan fingerprint density at radius 3 is 2.76 bits per heavy atom. The Morgan fingerprint density at radius 2 is 1.95 bits per heavy atom. The molecule has 1 amide bonds. The molecule has 0 spiro atoms. The summed E-state index contributed by atoms with van der Waals surface area (Å²) in [6.07, 6.45) is 6.59.